The molecule has 1 unspecified atom stereocenters. The molecule has 2 aliphatic heterocycles. The number of nitrogens with zero attached hydrogens (tertiary/aromatic N) is 2. The minimum Gasteiger partial charge on any atom is -0.391 e. The molecule has 1 amide bonds. The fourth-order valence-electron chi connectivity index (χ4n) is 5.24. The molecule has 1 aromatic rings. The molecule has 2 aliphatic carbocycles. The molecule has 0 saturated heterocycles. The van der Waals surface area contributed by atoms with Gasteiger partial charge in [-0.15, -0.1) is 0 Å². The number of fused-ring (bicyclic) bond motifs is 2. The van der Waals surface area contributed by atoms with Crippen molar-refractivity contribution < 1.29 is 19.0 Å². The van der Waals surface area contributed by atoms with Crippen molar-refractivity contribution in [3.63, 3.8) is 0 Å². The summed E-state index contributed by atoms with van der Waals surface area (Å²) in [4.78, 5) is 31.1. The number of aliphatic hydroxyl groups excluding tert-OH is 1. The van der Waals surface area contributed by atoms with E-state index in [-0.39, 0.29) is 29.5 Å². The van der Waals surface area contributed by atoms with Crippen molar-refractivity contribution in [2.75, 3.05) is 20.7 Å². The molecule has 0 radical (unpaired) electrons. The average Bonchev–Trinajstić information content (AvgIpc) is 3.04. The summed E-state index contributed by atoms with van der Waals surface area (Å²) in [5.41, 5.74) is -0.925. The van der Waals surface area contributed by atoms with Gasteiger partial charge in [0.25, 0.3) is 11.5 Å². The van der Waals surface area contributed by atoms with Crippen LogP contribution in [0.1, 0.15) is 60.9 Å². The predicted molar refractivity (Wildman–Crippen MR) is 117 cm³/mol. The summed E-state index contributed by atoms with van der Waals surface area (Å²) in [6.07, 6.45) is 6.78. The number of hydrogen-bond donors (Lipinski definition) is 3. The van der Waals surface area contributed by atoms with Crippen molar-refractivity contribution >= 4 is 5.91 Å². The van der Waals surface area contributed by atoms with Gasteiger partial charge in [0.2, 0.25) is 0 Å². The van der Waals surface area contributed by atoms with Gasteiger partial charge >= 0.3 is 0 Å². The first kappa shape index (κ1) is 22.8. The second-order valence-electron chi connectivity index (χ2n) is 9.14. The van der Waals surface area contributed by atoms with E-state index in [0.717, 1.165) is 25.7 Å². The standard InChI is InChI=1S/C23H31FN4O4/c1-14-10-15(4-5-17(14)24)11-26-19(30)18-16(12-29)20(31)28-13-22(32-3)6-8-23(25-2,9-7-22)21(28)27-18/h5,10,15,25,29H,4,6-9,11-13H2,1-3H3,(H,26,30). The Morgan fingerprint density at radius 2 is 2.09 bits per heavy atom. The van der Waals surface area contributed by atoms with Crippen LogP contribution in [0.4, 0.5) is 4.39 Å². The lowest BCUT2D eigenvalue weighted by Gasteiger charge is -2.40. The van der Waals surface area contributed by atoms with Crippen LogP contribution in [-0.4, -0.2) is 46.9 Å². The van der Waals surface area contributed by atoms with E-state index in [4.69, 9.17) is 4.74 Å². The molecular weight excluding hydrogens is 415 g/mol. The summed E-state index contributed by atoms with van der Waals surface area (Å²) in [6.45, 7) is 1.73. The van der Waals surface area contributed by atoms with Crippen molar-refractivity contribution in [1.82, 2.24) is 20.2 Å². The minimum absolute atomic E-state index is 0.0219. The zero-order valence-corrected chi connectivity index (χ0v) is 18.8. The topological polar surface area (TPSA) is 105 Å². The van der Waals surface area contributed by atoms with Gasteiger partial charge in [-0.25, -0.2) is 9.37 Å². The lowest BCUT2D eigenvalue weighted by atomic mass is 9.75. The highest BCUT2D eigenvalue weighted by Crippen LogP contribution is 2.45. The Morgan fingerprint density at radius 1 is 1.38 bits per heavy atom. The monoisotopic (exact) mass is 446 g/mol. The second kappa shape index (κ2) is 8.53. The average molecular weight is 447 g/mol. The maximum atomic E-state index is 13.6. The molecule has 1 fully saturated rings. The van der Waals surface area contributed by atoms with Gasteiger partial charge in [0.15, 0.2) is 0 Å². The van der Waals surface area contributed by atoms with E-state index in [1.165, 1.54) is 6.08 Å². The summed E-state index contributed by atoms with van der Waals surface area (Å²) >= 11 is 0. The van der Waals surface area contributed by atoms with Gasteiger partial charge in [-0.1, -0.05) is 6.08 Å². The first-order valence-electron chi connectivity index (χ1n) is 11.1. The van der Waals surface area contributed by atoms with Crippen LogP contribution in [0.2, 0.25) is 0 Å². The number of amides is 1. The highest BCUT2D eigenvalue weighted by molar-refractivity contribution is 5.93. The van der Waals surface area contributed by atoms with Crippen LogP contribution in [0, 0.1) is 5.92 Å². The number of aliphatic hydroxyl groups is 1. The van der Waals surface area contributed by atoms with E-state index >= 15 is 0 Å². The Balaban J connectivity index is 1.69. The number of carbonyl (C=O) groups excluding carboxylic acids is 1. The van der Waals surface area contributed by atoms with Gasteiger partial charge in [-0.2, -0.15) is 0 Å². The molecule has 3 N–H and O–H groups in total. The highest BCUT2D eigenvalue weighted by atomic mass is 19.1. The van der Waals surface area contributed by atoms with E-state index in [9.17, 15) is 19.1 Å². The van der Waals surface area contributed by atoms with Gasteiger partial charge in [-0.05, 0) is 63.6 Å². The van der Waals surface area contributed by atoms with Crippen LogP contribution < -0.4 is 16.2 Å². The third-order valence-electron chi connectivity index (χ3n) is 7.42. The zero-order chi connectivity index (χ0) is 23.1. The molecule has 3 heterocycles. The number of ether oxygens (including phenoxy) is 1. The van der Waals surface area contributed by atoms with Gasteiger partial charge in [0.1, 0.15) is 17.3 Å². The molecule has 4 aliphatic rings. The van der Waals surface area contributed by atoms with Gasteiger partial charge in [-0.3, -0.25) is 14.2 Å². The summed E-state index contributed by atoms with van der Waals surface area (Å²) < 4.78 is 21.0. The molecule has 1 aromatic heterocycles. The minimum atomic E-state index is -0.586. The number of hydrogen-bond acceptors (Lipinski definition) is 6. The van der Waals surface area contributed by atoms with E-state index in [2.05, 4.69) is 15.6 Å². The second-order valence-corrected chi connectivity index (χ2v) is 9.14. The van der Waals surface area contributed by atoms with Gasteiger partial charge in [0, 0.05) is 13.7 Å². The largest absolute Gasteiger partial charge is 0.391 e. The lowest BCUT2D eigenvalue weighted by Crippen LogP contribution is -2.47. The maximum Gasteiger partial charge on any atom is 0.270 e. The smallest absolute Gasteiger partial charge is 0.270 e. The molecule has 0 spiro atoms. The van der Waals surface area contributed by atoms with E-state index in [1.807, 2.05) is 7.05 Å². The van der Waals surface area contributed by atoms with E-state index < -0.39 is 29.2 Å². The summed E-state index contributed by atoms with van der Waals surface area (Å²) in [6, 6.07) is 0. The molecule has 5 rings (SSSR count). The SMILES string of the molecule is CNC12CCC(OC)(CC1)Cn1c2nc(C(=O)NCC2C=C(C)C(F)=CC2)c(CO)c1=O. The molecule has 174 valence electrons. The Hall–Kier alpha value is -2.36. The fourth-order valence-corrected chi connectivity index (χ4v) is 5.24. The first-order chi connectivity index (χ1) is 15.3. The van der Waals surface area contributed by atoms with Crippen LogP contribution in [0.5, 0.6) is 0 Å². The van der Waals surface area contributed by atoms with Crippen molar-refractivity contribution in [3.05, 3.63) is 51.0 Å². The van der Waals surface area contributed by atoms with Crippen LogP contribution in [0.3, 0.4) is 0 Å². The van der Waals surface area contributed by atoms with Crippen molar-refractivity contribution in [2.24, 2.45) is 5.92 Å². The Morgan fingerprint density at radius 3 is 2.69 bits per heavy atom. The number of nitrogens with one attached hydrogen (secondary N) is 2. The molecule has 1 saturated carbocycles. The van der Waals surface area contributed by atoms with Gasteiger partial charge in [0.05, 0.1) is 29.9 Å². The number of methoxy groups -OCH3 is 1. The Bertz CT molecular complexity index is 1040. The Kier molecular flexibility index (Phi) is 6.08. The zero-order valence-electron chi connectivity index (χ0n) is 18.8. The Labute approximate surface area is 186 Å². The molecular formula is C23H31FN4O4. The van der Waals surface area contributed by atoms with Crippen molar-refractivity contribution in [3.8, 4) is 0 Å². The number of rotatable bonds is 6. The van der Waals surface area contributed by atoms with Crippen LogP contribution in [0.25, 0.3) is 0 Å². The molecule has 2 bridgehead atoms. The molecule has 0 aromatic carbocycles. The number of aromatic nitrogens is 2. The van der Waals surface area contributed by atoms with Crippen molar-refractivity contribution in [1.29, 1.82) is 0 Å². The normalized spacial score (nSPS) is 29.1. The third kappa shape index (κ3) is 3.72. The van der Waals surface area contributed by atoms with Crippen LogP contribution in [-0.2, 0) is 23.4 Å². The summed E-state index contributed by atoms with van der Waals surface area (Å²) in [5, 5.41) is 16.1. The van der Waals surface area contributed by atoms with Crippen LogP contribution >= 0.6 is 0 Å². The number of carbonyl (C=O) groups is 1. The third-order valence-corrected chi connectivity index (χ3v) is 7.42. The van der Waals surface area contributed by atoms with Crippen molar-refractivity contribution in [2.45, 2.75) is 63.3 Å². The highest BCUT2D eigenvalue weighted by Gasteiger charge is 2.50. The summed E-state index contributed by atoms with van der Waals surface area (Å²) in [5.74, 6) is -0.278. The fraction of sp³-hybridized carbons (Fsp3) is 0.609. The molecule has 32 heavy (non-hydrogen) atoms. The maximum absolute atomic E-state index is 13.6. The first-order valence-corrected chi connectivity index (χ1v) is 11.1. The van der Waals surface area contributed by atoms with E-state index in [1.54, 1.807) is 24.7 Å². The lowest BCUT2D eigenvalue weighted by molar-refractivity contribution is -0.0582. The predicted octanol–water partition coefficient (Wildman–Crippen LogP) is 1.67. The van der Waals surface area contributed by atoms with Gasteiger partial charge < -0.3 is 20.5 Å². The molecule has 8 nitrogen and oxygen atoms in total. The molecule has 9 heteroatoms. The number of allylic oxidation sites excluding steroid dienone is 3. The van der Waals surface area contributed by atoms with E-state index in [0.29, 0.717) is 24.4 Å². The molecule has 1 atom stereocenters. The quantitative estimate of drug-likeness (QED) is 0.614. The van der Waals surface area contributed by atoms with Crippen LogP contribution in [0.15, 0.2) is 28.3 Å². The number of halogens is 1. The summed E-state index contributed by atoms with van der Waals surface area (Å²) in [7, 11) is 3.50.